The Balaban J connectivity index is 4.14. The summed E-state index contributed by atoms with van der Waals surface area (Å²) in [6, 6.07) is 0. The standard InChI is InChI=1S/C37H71O5P/c1-3-5-7-9-11-13-15-17-18-20-22-24-26-28-30-32-35(40)37(42-43,36(41)33-38)34(39)31-29-27-25-23-21-19-16-14-12-10-8-6-4-2/h17-18,36,38,41H,3-16,19-33,43H2,1-2H3. The van der Waals surface area contributed by atoms with E-state index in [0.29, 0.717) is 12.8 Å². The maximum absolute atomic E-state index is 13.2. The molecular weight excluding hydrogens is 555 g/mol. The van der Waals surface area contributed by atoms with Gasteiger partial charge in [-0.25, -0.2) is 0 Å². The molecule has 6 heteroatoms. The van der Waals surface area contributed by atoms with Gasteiger partial charge >= 0.3 is 0 Å². The largest absolute Gasteiger partial charge is 0.394 e. The predicted molar refractivity (Wildman–Crippen MR) is 186 cm³/mol. The summed E-state index contributed by atoms with van der Waals surface area (Å²) >= 11 is 0. The molecule has 0 spiro atoms. The molecule has 0 bridgehead atoms. The minimum Gasteiger partial charge on any atom is -0.394 e. The molecule has 0 aromatic carbocycles. The monoisotopic (exact) mass is 627 g/mol. The lowest BCUT2D eigenvalue weighted by Crippen LogP contribution is -2.57. The van der Waals surface area contributed by atoms with Crippen molar-refractivity contribution in [2.45, 2.75) is 205 Å². The number of ketones is 2. The maximum Gasteiger partial charge on any atom is 0.215 e. The van der Waals surface area contributed by atoms with E-state index in [4.69, 9.17) is 4.52 Å². The van der Waals surface area contributed by atoms with Crippen LogP contribution in [0.25, 0.3) is 0 Å². The Morgan fingerprint density at radius 3 is 1.19 bits per heavy atom. The number of unbranched alkanes of at least 4 members (excludes halogenated alkanes) is 23. The Hall–Kier alpha value is -0.610. The predicted octanol–water partition coefficient (Wildman–Crippen LogP) is 10.5. The van der Waals surface area contributed by atoms with Crippen LogP contribution in [0.3, 0.4) is 0 Å². The quantitative estimate of drug-likeness (QED) is 0.0321. The van der Waals surface area contributed by atoms with E-state index in [0.717, 1.165) is 44.9 Å². The van der Waals surface area contributed by atoms with Gasteiger partial charge in [-0.15, -0.1) is 0 Å². The third-order valence-electron chi connectivity index (χ3n) is 8.83. The lowest BCUT2D eigenvalue weighted by atomic mass is 9.82. The fourth-order valence-corrected chi connectivity index (χ4v) is 6.32. The number of hydrogen-bond acceptors (Lipinski definition) is 5. The Morgan fingerprint density at radius 2 is 0.884 bits per heavy atom. The number of carbonyl (C=O) groups is 2. The van der Waals surface area contributed by atoms with Crippen molar-refractivity contribution < 1.29 is 24.3 Å². The molecule has 0 fully saturated rings. The molecule has 0 saturated carbocycles. The molecule has 0 heterocycles. The third kappa shape index (κ3) is 21.7. The molecule has 0 radical (unpaired) electrons. The fourth-order valence-electron chi connectivity index (χ4n) is 5.90. The van der Waals surface area contributed by atoms with Gasteiger partial charge in [0.25, 0.3) is 0 Å². The Kier molecular flexibility index (Phi) is 30.9. The summed E-state index contributed by atoms with van der Waals surface area (Å²) in [5.74, 6) is -0.828. The molecule has 0 aliphatic carbocycles. The van der Waals surface area contributed by atoms with Crippen LogP contribution < -0.4 is 0 Å². The first kappa shape index (κ1) is 42.4. The van der Waals surface area contributed by atoms with Crippen LogP contribution in [0.1, 0.15) is 194 Å². The number of aliphatic hydroxyl groups excluding tert-OH is 2. The first-order valence-corrected chi connectivity index (χ1v) is 18.9. The van der Waals surface area contributed by atoms with Gasteiger partial charge in [-0.05, 0) is 38.5 Å². The van der Waals surface area contributed by atoms with Crippen LogP contribution in [0.15, 0.2) is 12.2 Å². The third-order valence-corrected chi connectivity index (χ3v) is 9.20. The number of rotatable bonds is 34. The van der Waals surface area contributed by atoms with Crippen molar-refractivity contribution in [3.8, 4) is 0 Å². The molecule has 0 aliphatic heterocycles. The van der Waals surface area contributed by atoms with Crippen LogP contribution in [0, 0.1) is 0 Å². The van der Waals surface area contributed by atoms with Gasteiger partial charge in [-0.1, -0.05) is 154 Å². The van der Waals surface area contributed by atoms with Gasteiger partial charge in [0.1, 0.15) is 6.10 Å². The van der Waals surface area contributed by atoms with Crippen LogP contribution >= 0.6 is 9.47 Å². The second kappa shape index (κ2) is 31.4. The Morgan fingerprint density at radius 1 is 0.581 bits per heavy atom. The van der Waals surface area contributed by atoms with Gasteiger partial charge in [-0.2, -0.15) is 0 Å². The molecule has 2 N–H and O–H groups in total. The maximum atomic E-state index is 13.2. The van der Waals surface area contributed by atoms with E-state index in [2.05, 4.69) is 26.0 Å². The van der Waals surface area contributed by atoms with Crippen LogP contribution in [0.4, 0.5) is 0 Å². The summed E-state index contributed by atoms with van der Waals surface area (Å²) in [6.45, 7) is 3.82. The number of aliphatic hydroxyl groups is 2. The fraction of sp³-hybridized carbons (Fsp3) is 0.892. The Labute approximate surface area is 269 Å². The van der Waals surface area contributed by atoms with E-state index in [1.807, 2.05) is 9.47 Å². The van der Waals surface area contributed by atoms with E-state index in [1.165, 1.54) is 109 Å². The summed E-state index contributed by atoms with van der Waals surface area (Å²) in [5.41, 5.74) is -1.97. The number of Topliss-reactive ketones (excluding diaryl/α,β-unsaturated/α-hetero) is 2. The second-order valence-corrected chi connectivity index (χ2v) is 13.0. The van der Waals surface area contributed by atoms with Gasteiger partial charge in [0.15, 0.2) is 11.6 Å². The first-order valence-electron chi connectivity index (χ1n) is 18.4. The van der Waals surface area contributed by atoms with Gasteiger partial charge in [0.05, 0.1) is 6.61 Å². The highest BCUT2D eigenvalue weighted by Crippen LogP contribution is 2.28. The summed E-state index contributed by atoms with van der Waals surface area (Å²) in [7, 11) is 2.00. The van der Waals surface area contributed by atoms with Crippen molar-refractivity contribution in [3.05, 3.63) is 12.2 Å². The molecule has 254 valence electrons. The molecule has 5 nitrogen and oxygen atoms in total. The zero-order valence-electron chi connectivity index (χ0n) is 28.4. The summed E-state index contributed by atoms with van der Waals surface area (Å²) in [4.78, 5) is 26.3. The molecule has 0 aliphatic rings. The molecule has 3 atom stereocenters. The minimum atomic E-state index is -1.97. The molecule has 3 unspecified atom stereocenters. The smallest absolute Gasteiger partial charge is 0.215 e. The average Bonchev–Trinajstić information content (AvgIpc) is 3.01. The van der Waals surface area contributed by atoms with Gasteiger partial charge in [0.2, 0.25) is 5.60 Å². The van der Waals surface area contributed by atoms with Crippen LogP contribution in [0.2, 0.25) is 0 Å². The van der Waals surface area contributed by atoms with Crippen molar-refractivity contribution in [2.75, 3.05) is 6.61 Å². The van der Waals surface area contributed by atoms with E-state index in [-0.39, 0.29) is 12.8 Å². The first-order chi connectivity index (χ1) is 21.0. The summed E-state index contributed by atoms with van der Waals surface area (Å²) in [6.07, 6.45) is 34.4. The number of allylic oxidation sites excluding steroid dienone is 2. The van der Waals surface area contributed by atoms with Crippen molar-refractivity contribution >= 4 is 21.0 Å². The van der Waals surface area contributed by atoms with Crippen LogP contribution in [0.5, 0.6) is 0 Å². The van der Waals surface area contributed by atoms with E-state index in [1.54, 1.807) is 0 Å². The molecule has 0 aromatic rings. The van der Waals surface area contributed by atoms with Gasteiger partial charge < -0.3 is 14.7 Å². The highest BCUT2D eigenvalue weighted by Gasteiger charge is 2.50. The highest BCUT2D eigenvalue weighted by molar-refractivity contribution is 7.10. The molecular formula is C37H71O5P. The SMILES string of the molecule is CCCCCCCCC=CCCCCCCCC(=O)C(OP)(C(=O)CCCCCCCCCCCCCCC)C(O)CO. The van der Waals surface area contributed by atoms with Crippen LogP contribution in [-0.2, 0) is 14.1 Å². The van der Waals surface area contributed by atoms with Crippen molar-refractivity contribution in [1.29, 1.82) is 0 Å². The lowest BCUT2D eigenvalue weighted by molar-refractivity contribution is -0.160. The molecule has 0 aromatic heterocycles. The summed E-state index contributed by atoms with van der Waals surface area (Å²) < 4.78 is 5.35. The van der Waals surface area contributed by atoms with E-state index in [9.17, 15) is 19.8 Å². The van der Waals surface area contributed by atoms with Crippen molar-refractivity contribution in [3.63, 3.8) is 0 Å². The topological polar surface area (TPSA) is 83.8 Å². The zero-order valence-corrected chi connectivity index (χ0v) is 29.6. The number of carbonyl (C=O) groups excluding carboxylic acids is 2. The van der Waals surface area contributed by atoms with Gasteiger partial charge in [-0.3, -0.25) is 9.59 Å². The lowest BCUT2D eigenvalue weighted by Gasteiger charge is -2.33. The number of hydrogen-bond donors (Lipinski definition) is 2. The zero-order chi connectivity index (χ0) is 31.9. The second-order valence-electron chi connectivity index (χ2n) is 12.7. The van der Waals surface area contributed by atoms with Crippen molar-refractivity contribution in [2.24, 2.45) is 0 Å². The molecule has 0 amide bonds. The van der Waals surface area contributed by atoms with E-state index >= 15 is 0 Å². The molecule has 43 heavy (non-hydrogen) atoms. The van der Waals surface area contributed by atoms with E-state index < -0.39 is 29.9 Å². The normalized spacial score (nSPS) is 13.9. The average molecular weight is 627 g/mol. The van der Waals surface area contributed by atoms with Crippen molar-refractivity contribution in [1.82, 2.24) is 0 Å². The molecule has 0 saturated heterocycles. The van der Waals surface area contributed by atoms with Crippen LogP contribution in [-0.4, -0.2) is 40.1 Å². The molecule has 0 rings (SSSR count). The highest BCUT2D eigenvalue weighted by atomic mass is 31.0. The Bertz CT molecular complexity index is 667. The summed E-state index contributed by atoms with van der Waals surface area (Å²) in [5, 5.41) is 20.1. The van der Waals surface area contributed by atoms with Gasteiger partial charge in [0, 0.05) is 22.3 Å². The minimum absolute atomic E-state index is 0.175.